The Hall–Kier alpha value is -2.26. The lowest BCUT2D eigenvalue weighted by Gasteiger charge is -2.13. The van der Waals surface area contributed by atoms with E-state index < -0.39 is 5.97 Å². The van der Waals surface area contributed by atoms with Gasteiger partial charge in [0, 0.05) is 15.8 Å². The number of fused-ring (bicyclic) bond motifs is 1. The molecule has 0 bridgehead atoms. The topological polar surface area (TPSA) is 50.4 Å². The van der Waals surface area contributed by atoms with Crippen LogP contribution in [0.25, 0.3) is 10.8 Å². The normalized spacial score (nSPS) is 12.4. The molecule has 0 fully saturated rings. The number of rotatable bonds is 4. The molecule has 0 aliphatic carbocycles. The van der Waals surface area contributed by atoms with Crippen molar-refractivity contribution in [1.82, 2.24) is 0 Å². The second-order valence-electron chi connectivity index (χ2n) is 4.89. The number of halogens is 1. The van der Waals surface area contributed by atoms with E-state index in [0.717, 1.165) is 16.3 Å². The highest BCUT2D eigenvalue weighted by Gasteiger charge is 2.23. The molecule has 3 nitrogen and oxygen atoms in total. The number of benzene rings is 2. The quantitative estimate of drug-likeness (QED) is 0.760. The van der Waals surface area contributed by atoms with Gasteiger partial charge >= 0.3 is 5.97 Å². The number of hydrogen-bond donors (Lipinski definition) is 1. The van der Waals surface area contributed by atoms with E-state index in [1.807, 2.05) is 42.5 Å². The number of furan rings is 1. The molecule has 0 saturated heterocycles. The van der Waals surface area contributed by atoms with Gasteiger partial charge in [-0.2, -0.15) is 0 Å². The van der Waals surface area contributed by atoms with E-state index in [1.54, 1.807) is 12.3 Å². The summed E-state index contributed by atoms with van der Waals surface area (Å²) >= 11 is 5.97. The third kappa shape index (κ3) is 2.78. The molecule has 3 rings (SSSR count). The van der Waals surface area contributed by atoms with Crippen molar-refractivity contribution < 1.29 is 14.3 Å². The van der Waals surface area contributed by atoms with Gasteiger partial charge in [0.15, 0.2) is 0 Å². The maximum atomic E-state index is 11.2. The lowest BCUT2D eigenvalue weighted by Crippen LogP contribution is -2.07. The molecule has 0 aliphatic heterocycles. The number of hydrogen-bond acceptors (Lipinski definition) is 2. The van der Waals surface area contributed by atoms with Crippen molar-refractivity contribution in [2.24, 2.45) is 0 Å². The third-order valence-electron chi connectivity index (χ3n) is 3.49. The molecule has 0 aliphatic rings. The van der Waals surface area contributed by atoms with E-state index in [2.05, 4.69) is 0 Å². The van der Waals surface area contributed by atoms with Crippen molar-refractivity contribution in [3.63, 3.8) is 0 Å². The molecule has 4 heteroatoms. The van der Waals surface area contributed by atoms with Crippen LogP contribution in [-0.4, -0.2) is 11.1 Å². The van der Waals surface area contributed by atoms with Crippen LogP contribution in [0.1, 0.15) is 23.7 Å². The van der Waals surface area contributed by atoms with E-state index >= 15 is 0 Å². The molecular formula is C17H13ClO3. The lowest BCUT2D eigenvalue weighted by atomic mass is 9.91. The lowest BCUT2D eigenvalue weighted by molar-refractivity contribution is -0.137. The summed E-state index contributed by atoms with van der Waals surface area (Å²) < 4.78 is 5.67. The van der Waals surface area contributed by atoms with Crippen molar-refractivity contribution in [3.05, 3.63) is 71.1 Å². The Morgan fingerprint density at radius 2 is 1.95 bits per heavy atom. The minimum Gasteiger partial charge on any atom is -0.481 e. The maximum absolute atomic E-state index is 11.2. The molecule has 3 aromatic rings. The van der Waals surface area contributed by atoms with Crippen molar-refractivity contribution in [2.45, 2.75) is 12.3 Å². The van der Waals surface area contributed by atoms with Crippen LogP contribution in [0.15, 0.2) is 59.2 Å². The van der Waals surface area contributed by atoms with Gasteiger partial charge in [-0.05, 0) is 23.8 Å². The number of carbonyl (C=O) groups is 1. The molecule has 21 heavy (non-hydrogen) atoms. The smallest absolute Gasteiger partial charge is 0.304 e. The maximum Gasteiger partial charge on any atom is 0.304 e. The summed E-state index contributed by atoms with van der Waals surface area (Å²) in [5.41, 5.74) is 0.922. The minimum atomic E-state index is -0.859. The Balaban J connectivity index is 2.12. The van der Waals surface area contributed by atoms with Crippen molar-refractivity contribution in [1.29, 1.82) is 0 Å². The van der Waals surface area contributed by atoms with Gasteiger partial charge in [-0.25, -0.2) is 0 Å². The molecule has 1 N–H and O–H groups in total. The van der Waals surface area contributed by atoms with Crippen LogP contribution in [0.3, 0.4) is 0 Å². The van der Waals surface area contributed by atoms with Gasteiger partial charge in [0.05, 0.1) is 18.6 Å². The van der Waals surface area contributed by atoms with Gasteiger partial charge in [-0.15, -0.1) is 0 Å². The van der Waals surface area contributed by atoms with Gasteiger partial charge in [0.2, 0.25) is 0 Å². The van der Waals surface area contributed by atoms with Gasteiger partial charge in [-0.3, -0.25) is 4.79 Å². The largest absolute Gasteiger partial charge is 0.481 e. The molecule has 1 atom stereocenters. The molecule has 1 aromatic heterocycles. The van der Waals surface area contributed by atoms with Gasteiger partial charge in [-0.1, -0.05) is 41.9 Å². The molecule has 0 radical (unpaired) electrons. The SMILES string of the molecule is O=C(O)CC(c1ccccc1)c1occ2cc(Cl)ccc12. The van der Waals surface area contributed by atoms with E-state index in [1.165, 1.54) is 0 Å². The zero-order chi connectivity index (χ0) is 14.8. The van der Waals surface area contributed by atoms with Crippen LogP contribution in [0.2, 0.25) is 5.02 Å². The molecule has 0 amide bonds. The summed E-state index contributed by atoms with van der Waals surface area (Å²) in [5.74, 6) is -0.514. The first-order valence-corrected chi connectivity index (χ1v) is 6.96. The Kier molecular flexibility index (Phi) is 3.67. The summed E-state index contributed by atoms with van der Waals surface area (Å²) in [6, 6.07) is 15.0. The average Bonchev–Trinajstić information content (AvgIpc) is 2.88. The van der Waals surface area contributed by atoms with Crippen LogP contribution in [0.5, 0.6) is 0 Å². The van der Waals surface area contributed by atoms with E-state index in [-0.39, 0.29) is 12.3 Å². The molecule has 1 unspecified atom stereocenters. The average molecular weight is 301 g/mol. The Labute approximate surface area is 126 Å². The Bertz CT molecular complexity index is 777. The second-order valence-corrected chi connectivity index (χ2v) is 5.33. The first-order valence-electron chi connectivity index (χ1n) is 6.58. The molecule has 0 spiro atoms. The van der Waals surface area contributed by atoms with Gasteiger partial charge < -0.3 is 9.52 Å². The zero-order valence-electron chi connectivity index (χ0n) is 11.1. The number of aliphatic carboxylic acids is 1. The minimum absolute atomic E-state index is 0.0186. The number of carboxylic acid groups (broad SMARTS) is 1. The molecule has 106 valence electrons. The van der Waals surface area contributed by atoms with E-state index in [0.29, 0.717) is 10.8 Å². The summed E-state index contributed by atoms with van der Waals surface area (Å²) in [7, 11) is 0. The molecule has 2 aromatic carbocycles. The Morgan fingerprint density at radius 3 is 2.67 bits per heavy atom. The van der Waals surface area contributed by atoms with Crippen molar-refractivity contribution in [2.75, 3.05) is 0 Å². The summed E-state index contributed by atoms with van der Waals surface area (Å²) in [5, 5.41) is 11.6. The predicted octanol–water partition coefficient (Wildman–Crippen LogP) is 4.69. The predicted molar refractivity (Wildman–Crippen MR) is 81.8 cm³/mol. The highest BCUT2D eigenvalue weighted by atomic mass is 35.5. The second kappa shape index (κ2) is 5.62. The van der Waals surface area contributed by atoms with Gasteiger partial charge in [0.25, 0.3) is 0 Å². The fourth-order valence-corrected chi connectivity index (χ4v) is 2.72. The number of carboxylic acids is 1. The van der Waals surface area contributed by atoms with E-state index in [9.17, 15) is 9.90 Å². The summed E-state index contributed by atoms with van der Waals surface area (Å²) in [4.78, 5) is 11.2. The van der Waals surface area contributed by atoms with Crippen LogP contribution in [-0.2, 0) is 4.79 Å². The Morgan fingerprint density at radius 1 is 1.19 bits per heavy atom. The van der Waals surface area contributed by atoms with Crippen molar-refractivity contribution in [3.8, 4) is 0 Å². The third-order valence-corrected chi connectivity index (χ3v) is 3.72. The van der Waals surface area contributed by atoms with Crippen LogP contribution in [0, 0.1) is 0 Å². The van der Waals surface area contributed by atoms with Crippen LogP contribution >= 0.6 is 11.6 Å². The summed E-state index contributed by atoms with van der Waals surface area (Å²) in [6.07, 6.45) is 1.60. The van der Waals surface area contributed by atoms with Crippen LogP contribution < -0.4 is 0 Å². The fourth-order valence-electron chi connectivity index (χ4n) is 2.54. The molecule has 0 saturated carbocycles. The van der Waals surface area contributed by atoms with Crippen LogP contribution in [0.4, 0.5) is 0 Å². The standard InChI is InChI=1S/C17H13ClO3/c18-13-6-7-14-12(8-13)10-21-17(14)15(9-16(19)20)11-4-2-1-3-5-11/h1-8,10,15H,9H2,(H,19,20). The fraction of sp³-hybridized carbons (Fsp3) is 0.118. The highest BCUT2D eigenvalue weighted by Crippen LogP contribution is 2.35. The van der Waals surface area contributed by atoms with Gasteiger partial charge in [0.1, 0.15) is 5.76 Å². The first kappa shape index (κ1) is 13.7. The zero-order valence-corrected chi connectivity index (χ0v) is 11.9. The highest BCUT2D eigenvalue weighted by molar-refractivity contribution is 6.31. The van der Waals surface area contributed by atoms with Crippen molar-refractivity contribution >= 4 is 28.3 Å². The summed E-state index contributed by atoms with van der Waals surface area (Å²) in [6.45, 7) is 0. The molecule has 1 heterocycles. The molecular weight excluding hydrogens is 288 g/mol. The monoisotopic (exact) mass is 300 g/mol. The van der Waals surface area contributed by atoms with E-state index in [4.69, 9.17) is 16.0 Å². The first-order chi connectivity index (χ1) is 10.1.